The van der Waals surface area contributed by atoms with Crippen LogP contribution in [0.2, 0.25) is 0 Å². The normalized spacial score (nSPS) is 13.6. The second-order valence-corrected chi connectivity index (χ2v) is 5.70. The molecule has 1 aromatic carbocycles. The lowest BCUT2D eigenvalue weighted by molar-refractivity contribution is 0.186. The summed E-state index contributed by atoms with van der Waals surface area (Å²) in [5.74, 6) is -0.769. The van der Waals surface area contributed by atoms with Crippen LogP contribution in [0.3, 0.4) is 0 Å². The second-order valence-electron chi connectivity index (χ2n) is 3.97. The molecule has 0 radical (unpaired) electrons. The Balaban J connectivity index is 2.83. The number of sulfonamides is 1. The van der Waals surface area contributed by atoms with Crippen molar-refractivity contribution in [2.75, 3.05) is 6.54 Å². The molecule has 0 bridgehead atoms. The van der Waals surface area contributed by atoms with E-state index < -0.39 is 21.9 Å². The van der Waals surface area contributed by atoms with Crippen LogP contribution < -0.4 is 4.72 Å². The summed E-state index contributed by atoms with van der Waals surface area (Å²) in [6, 6.07) is 3.94. The number of aliphatic hydroxyl groups excluding tert-OH is 1. The SMILES string of the molecule is Cc1ccc(S(=O)(=O)NCCC(C)O)c(F)c1. The van der Waals surface area contributed by atoms with Gasteiger partial charge in [0.15, 0.2) is 0 Å². The molecule has 2 N–H and O–H groups in total. The molecule has 0 fully saturated rings. The Labute approximate surface area is 101 Å². The van der Waals surface area contributed by atoms with Gasteiger partial charge >= 0.3 is 0 Å². The summed E-state index contributed by atoms with van der Waals surface area (Å²) < 4.78 is 39.1. The Morgan fingerprint density at radius 2 is 2.12 bits per heavy atom. The summed E-state index contributed by atoms with van der Waals surface area (Å²) in [7, 11) is -3.84. The minimum atomic E-state index is -3.84. The van der Waals surface area contributed by atoms with E-state index >= 15 is 0 Å². The van der Waals surface area contributed by atoms with Crippen molar-refractivity contribution in [2.24, 2.45) is 0 Å². The molecule has 0 aliphatic heterocycles. The third kappa shape index (κ3) is 4.07. The van der Waals surface area contributed by atoms with Crippen molar-refractivity contribution in [3.8, 4) is 0 Å². The van der Waals surface area contributed by atoms with Crippen molar-refractivity contribution in [3.63, 3.8) is 0 Å². The molecule has 1 unspecified atom stereocenters. The fraction of sp³-hybridized carbons (Fsp3) is 0.455. The van der Waals surface area contributed by atoms with E-state index in [0.29, 0.717) is 5.56 Å². The number of rotatable bonds is 5. The molecule has 96 valence electrons. The lowest BCUT2D eigenvalue weighted by Crippen LogP contribution is -2.27. The largest absolute Gasteiger partial charge is 0.393 e. The van der Waals surface area contributed by atoms with Crippen LogP contribution >= 0.6 is 0 Å². The van der Waals surface area contributed by atoms with Crippen LogP contribution in [-0.2, 0) is 10.0 Å². The molecule has 0 heterocycles. The monoisotopic (exact) mass is 261 g/mol. The predicted molar refractivity (Wildman–Crippen MR) is 62.6 cm³/mol. The van der Waals surface area contributed by atoms with Crippen molar-refractivity contribution in [2.45, 2.75) is 31.3 Å². The number of hydrogen-bond donors (Lipinski definition) is 2. The second kappa shape index (κ2) is 5.57. The molecule has 4 nitrogen and oxygen atoms in total. The first-order chi connectivity index (χ1) is 7.83. The average molecular weight is 261 g/mol. The lowest BCUT2D eigenvalue weighted by atomic mass is 10.2. The highest BCUT2D eigenvalue weighted by Gasteiger charge is 2.18. The third-order valence-corrected chi connectivity index (χ3v) is 3.73. The zero-order chi connectivity index (χ0) is 13.1. The van der Waals surface area contributed by atoms with E-state index in [4.69, 9.17) is 5.11 Å². The Morgan fingerprint density at radius 1 is 1.47 bits per heavy atom. The predicted octanol–water partition coefficient (Wildman–Crippen LogP) is 1.18. The minimum absolute atomic E-state index is 0.0767. The number of halogens is 1. The number of nitrogens with one attached hydrogen (secondary N) is 1. The highest BCUT2D eigenvalue weighted by molar-refractivity contribution is 7.89. The van der Waals surface area contributed by atoms with E-state index in [0.717, 1.165) is 0 Å². The van der Waals surface area contributed by atoms with E-state index in [-0.39, 0.29) is 17.9 Å². The van der Waals surface area contributed by atoms with E-state index in [2.05, 4.69) is 4.72 Å². The quantitative estimate of drug-likeness (QED) is 0.836. The maximum atomic E-state index is 13.5. The standard InChI is InChI=1S/C11H16FNO3S/c1-8-3-4-11(10(12)7-8)17(15,16)13-6-5-9(2)14/h3-4,7,9,13-14H,5-6H2,1-2H3. The zero-order valence-electron chi connectivity index (χ0n) is 9.77. The van der Waals surface area contributed by atoms with Gasteiger partial charge in [-0.3, -0.25) is 0 Å². The van der Waals surface area contributed by atoms with E-state index in [1.165, 1.54) is 18.2 Å². The molecule has 17 heavy (non-hydrogen) atoms. The number of benzene rings is 1. The molecule has 0 saturated carbocycles. The van der Waals surface area contributed by atoms with Crippen molar-refractivity contribution in [1.82, 2.24) is 4.72 Å². The molecule has 0 saturated heterocycles. The van der Waals surface area contributed by atoms with Crippen LogP contribution in [0.15, 0.2) is 23.1 Å². The van der Waals surface area contributed by atoms with Gasteiger partial charge in [0.05, 0.1) is 6.10 Å². The molecule has 1 rings (SSSR count). The van der Waals surface area contributed by atoms with Gasteiger partial charge in [0.1, 0.15) is 10.7 Å². The molecular weight excluding hydrogens is 245 g/mol. The zero-order valence-corrected chi connectivity index (χ0v) is 10.6. The lowest BCUT2D eigenvalue weighted by Gasteiger charge is -2.09. The number of aryl methyl sites for hydroxylation is 1. The number of hydrogen-bond acceptors (Lipinski definition) is 3. The Hall–Kier alpha value is -0.980. The van der Waals surface area contributed by atoms with E-state index in [1.54, 1.807) is 13.8 Å². The van der Waals surface area contributed by atoms with Gasteiger partial charge in [0.25, 0.3) is 0 Å². The fourth-order valence-corrected chi connectivity index (χ4v) is 2.41. The van der Waals surface area contributed by atoms with Crippen molar-refractivity contribution in [1.29, 1.82) is 0 Å². The molecule has 1 aromatic rings. The van der Waals surface area contributed by atoms with Gasteiger partial charge in [-0.1, -0.05) is 6.07 Å². The first-order valence-corrected chi connectivity index (χ1v) is 6.75. The maximum Gasteiger partial charge on any atom is 0.243 e. The summed E-state index contributed by atoms with van der Waals surface area (Å²) >= 11 is 0. The van der Waals surface area contributed by atoms with Crippen LogP contribution in [0.25, 0.3) is 0 Å². The summed E-state index contributed by atoms with van der Waals surface area (Å²) in [6.45, 7) is 3.31. The molecule has 0 aliphatic carbocycles. The van der Waals surface area contributed by atoms with Gasteiger partial charge in [-0.05, 0) is 38.0 Å². The smallest absolute Gasteiger partial charge is 0.243 e. The first kappa shape index (κ1) is 14.1. The van der Waals surface area contributed by atoms with Crippen molar-refractivity contribution < 1.29 is 17.9 Å². The molecule has 6 heteroatoms. The van der Waals surface area contributed by atoms with Gasteiger partial charge in [0, 0.05) is 6.54 Å². The Kier molecular flexibility index (Phi) is 4.62. The summed E-state index contributed by atoms with van der Waals surface area (Å²) in [4.78, 5) is -0.367. The van der Waals surface area contributed by atoms with Gasteiger partial charge in [-0.2, -0.15) is 0 Å². The van der Waals surface area contributed by atoms with Gasteiger partial charge < -0.3 is 5.11 Å². The van der Waals surface area contributed by atoms with Crippen LogP contribution in [0.4, 0.5) is 4.39 Å². The third-order valence-electron chi connectivity index (χ3n) is 2.23. The van der Waals surface area contributed by atoms with Gasteiger partial charge in [-0.25, -0.2) is 17.5 Å². The topological polar surface area (TPSA) is 66.4 Å². The first-order valence-electron chi connectivity index (χ1n) is 5.27. The molecular formula is C11H16FNO3S. The Bertz CT molecular complexity index is 485. The van der Waals surface area contributed by atoms with Crippen LogP contribution in [0.5, 0.6) is 0 Å². The van der Waals surface area contributed by atoms with E-state index in [9.17, 15) is 12.8 Å². The van der Waals surface area contributed by atoms with Crippen LogP contribution in [0, 0.1) is 12.7 Å². The summed E-state index contributed by atoms with van der Waals surface area (Å²) in [5.41, 5.74) is 0.658. The minimum Gasteiger partial charge on any atom is -0.393 e. The van der Waals surface area contributed by atoms with Crippen molar-refractivity contribution >= 4 is 10.0 Å². The van der Waals surface area contributed by atoms with Gasteiger partial charge in [-0.15, -0.1) is 0 Å². The molecule has 0 aromatic heterocycles. The highest BCUT2D eigenvalue weighted by atomic mass is 32.2. The molecule has 0 spiro atoms. The molecule has 0 aliphatic rings. The summed E-state index contributed by atoms with van der Waals surface area (Å²) in [6.07, 6.45) is -0.312. The van der Waals surface area contributed by atoms with E-state index in [1.807, 2.05) is 0 Å². The van der Waals surface area contributed by atoms with Crippen LogP contribution in [0.1, 0.15) is 18.9 Å². The molecule has 0 amide bonds. The number of aliphatic hydroxyl groups is 1. The molecule has 1 atom stereocenters. The average Bonchev–Trinajstić information content (AvgIpc) is 2.15. The van der Waals surface area contributed by atoms with Crippen molar-refractivity contribution in [3.05, 3.63) is 29.6 Å². The maximum absolute atomic E-state index is 13.5. The highest BCUT2D eigenvalue weighted by Crippen LogP contribution is 2.15. The van der Waals surface area contributed by atoms with Gasteiger partial charge in [0.2, 0.25) is 10.0 Å². The van der Waals surface area contributed by atoms with Crippen LogP contribution in [-0.4, -0.2) is 26.2 Å². The summed E-state index contributed by atoms with van der Waals surface area (Å²) in [5, 5.41) is 9.00. The Morgan fingerprint density at radius 3 is 2.65 bits per heavy atom. The fourth-order valence-electron chi connectivity index (χ4n) is 1.30.